The van der Waals surface area contributed by atoms with E-state index in [2.05, 4.69) is 0 Å². The van der Waals surface area contributed by atoms with Crippen molar-refractivity contribution in [2.75, 3.05) is 12.5 Å². The first-order valence-electron chi connectivity index (χ1n) is 8.93. The number of ether oxygens (including phenoxy) is 4. The summed E-state index contributed by atoms with van der Waals surface area (Å²) >= 11 is 6.03. The Morgan fingerprint density at radius 3 is 2.46 bits per heavy atom. The summed E-state index contributed by atoms with van der Waals surface area (Å²) < 4.78 is 21.2. The predicted molar refractivity (Wildman–Crippen MR) is 97.9 cm³/mol. The van der Waals surface area contributed by atoms with Crippen molar-refractivity contribution in [3.63, 3.8) is 0 Å². The first kappa shape index (κ1) is 22.2. The molecule has 0 aromatic carbocycles. The van der Waals surface area contributed by atoms with Crippen molar-refractivity contribution >= 4 is 29.5 Å². The van der Waals surface area contributed by atoms with Crippen LogP contribution in [0.5, 0.6) is 0 Å². The van der Waals surface area contributed by atoms with Crippen molar-refractivity contribution in [1.82, 2.24) is 0 Å². The molecule has 2 aliphatic rings. The van der Waals surface area contributed by atoms with Crippen LogP contribution in [0.15, 0.2) is 23.5 Å². The standard InChI is InChI=1S/C19H25ClO8/c1-10(2)5-16(23)28-18-17-14(13(8-26-18)7-25-11(3)21)6-15(27-12(4)22)19(17,24)9-20/h6,8,10,15,17-18,24H,5,7,9H2,1-4H3. The Bertz CT molecular complexity index is 698. The molecule has 0 aromatic rings. The molecule has 0 saturated carbocycles. The molecule has 0 amide bonds. The van der Waals surface area contributed by atoms with Crippen LogP contribution in [0.1, 0.15) is 34.1 Å². The van der Waals surface area contributed by atoms with Crippen LogP contribution in [0.4, 0.5) is 0 Å². The van der Waals surface area contributed by atoms with Crippen LogP contribution in [0.2, 0.25) is 0 Å². The molecule has 28 heavy (non-hydrogen) atoms. The molecule has 0 fully saturated rings. The molecule has 2 rings (SSSR count). The molecule has 0 radical (unpaired) electrons. The van der Waals surface area contributed by atoms with E-state index in [0.717, 1.165) is 0 Å². The van der Waals surface area contributed by atoms with Crippen LogP contribution in [0.3, 0.4) is 0 Å². The highest BCUT2D eigenvalue weighted by Gasteiger charge is 2.58. The minimum atomic E-state index is -1.76. The Kier molecular flexibility index (Phi) is 7.11. The van der Waals surface area contributed by atoms with Gasteiger partial charge in [0.1, 0.15) is 12.2 Å². The molecule has 0 saturated heterocycles. The van der Waals surface area contributed by atoms with E-state index in [9.17, 15) is 19.5 Å². The summed E-state index contributed by atoms with van der Waals surface area (Å²) in [5.41, 5.74) is -0.819. The Labute approximate surface area is 168 Å². The van der Waals surface area contributed by atoms with E-state index >= 15 is 0 Å². The molecule has 0 bridgehead atoms. The summed E-state index contributed by atoms with van der Waals surface area (Å²) in [5.74, 6) is -2.75. The van der Waals surface area contributed by atoms with E-state index in [-0.39, 0.29) is 24.8 Å². The molecule has 1 aliphatic carbocycles. The third-order valence-electron chi connectivity index (χ3n) is 4.45. The van der Waals surface area contributed by atoms with Gasteiger partial charge < -0.3 is 24.1 Å². The van der Waals surface area contributed by atoms with Gasteiger partial charge in [-0.15, -0.1) is 11.6 Å². The van der Waals surface area contributed by atoms with Crippen LogP contribution in [-0.2, 0) is 33.3 Å². The van der Waals surface area contributed by atoms with Crippen molar-refractivity contribution in [2.24, 2.45) is 11.8 Å². The highest BCUT2D eigenvalue weighted by atomic mass is 35.5. The van der Waals surface area contributed by atoms with Crippen molar-refractivity contribution in [3.05, 3.63) is 23.5 Å². The smallest absolute Gasteiger partial charge is 0.309 e. The Morgan fingerprint density at radius 2 is 1.93 bits per heavy atom. The van der Waals surface area contributed by atoms with Gasteiger partial charge in [0, 0.05) is 25.8 Å². The molecule has 1 N–H and O–H groups in total. The fourth-order valence-corrected chi connectivity index (χ4v) is 3.54. The molecule has 0 spiro atoms. The zero-order valence-corrected chi connectivity index (χ0v) is 17.0. The number of rotatable bonds is 7. The van der Waals surface area contributed by atoms with Gasteiger partial charge in [0.25, 0.3) is 6.29 Å². The zero-order chi connectivity index (χ0) is 21.1. The van der Waals surface area contributed by atoms with E-state index in [1.807, 2.05) is 13.8 Å². The first-order chi connectivity index (χ1) is 13.1. The SMILES string of the molecule is CC(=O)OCC1=COC(OC(=O)CC(C)C)C2C1=CC(OC(C)=O)C2(O)CCl. The summed E-state index contributed by atoms with van der Waals surface area (Å²) in [6.45, 7) is 6.09. The fourth-order valence-electron chi connectivity index (χ4n) is 3.22. The second kappa shape index (κ2) is 8.96. The topological polar surface area (TPSA) is 108 Å². The zero-order valence-electron chi connectivity index (χ0n) is 16.3. The molecule has 9 heteroatoms. The number of fused-ring (bicyclic) bond motifs is 1. The number of halogens is 1. The Hall–Kier alpha value is -2.06. The largest absolute Gasteiger partial charge is 0.461 e. The number of hydrogen-bond donors (Lipinski definition) is 1. The minimum Gasteiger partial charge on any atom is -0.461 e. The highest BCUT2D eigenvalue weighted by Crippen LogP contribution is 2.47. The summed E-state index contributed by atoms with van der Waals surface area (Å²) in [6.07, 6.45) is 0.764. The molecule has 8 nitrogen and oxygen atoms in total. The van der Waals surface area contributed by atoms with Crippen LogP contribution < -0.4 is 0 Å². The van der Waals surface area contributed by atoms with Gasteiger partial charge in [-0.25, -0.2) is 0 Å². The van der Waals surface area contributed by atoms with Crippen molar-refractivity contribution in [3.8, 4) is 0 Å². The number of carbonyl (C=O) groups is 3. The quantitative estimate of drug-likeness (QED) is 0.380. The van der Waals surface area contributed by atoms with Gasteiger partial charge in [-0.1, -0.05) is 13.8 Å². The summed E-state index contributed by atoms with van der Waals surface area (Å²) in [5, 5.41) is 11.2. The van der Waals surface area contributed by atoms with Gasteiger partial charge in [-0.3, -0.25) is 14.4 Å². The molecular formula is C19H25ClO8. The average Bonchev–Trinajstić information content (AvgIpc) is 2.86. The van der Waals surface area contributed by atoms with Crippen molar-refractivity contribution in [2.45, 2.75) is 52.1 Å². The van der Waals surface area contributed by atoms with E-state index in [1.54, 1.807) is 0 Å². The maximum atomic E-state index is 12.2. The van der Waals surface area contributed by atoms with Gasteiger partial charge >= 0.3 is 17.9 Å². The van der Waals surface area contributed by atoms with Gasteiger partial charge in [-0.2, -0.15) is 0 Å². The number of alkyl halides is 1. The lowest BCUT2D eigenvalue weighted by molar-refractivity contribution is -0.203. The third-order valence-corrected chi connectivity index (χ3v) is 4.87. The number of carbonyl (C=O) groups excluding carboxylic acids is 3. The van der Waals surface area contributed by atoms with Crippen LogP contribution in [-0.4, -0.2) is 53.5 Å². The molecule has 4 atom stereocenters. The predicted octanol–water partition coefficient (Wildman–Crippen LogP) is 1.84. The van der Waals surface area contributed by atoms with E-state index < -0.39 is 41.8 Å². The minimum absolute atomic E-state index is 0.0745. The monoisotopic (exact) mass is 416 g/mol. The van der Waals surface area contributed by atoms with E-state index in [0.29, 0.717) is 11.1 Å². The number of hydrogen-bond acceptors (Lipinski definition) is 8. The molecule has 4 unspecified atom stereocenters. The molecule has 156 valence electrons. The first-order valence-corrected chi connectivity index (χ1v) is 9.47. The second-order valence-electron chi connectivity index (χ2n) is 7.27. The maximum Gasteiger partial charge on any atom is 0.309 e. The van der Waals surface area contributed by atoms with Gasteiger partial charge in [0.05, 0.1) is 18.1 Å². The lowest BCUT2D eigenvalue weighted by Crippen LogP contribution is -2.54. The van der Waals surface area contributed by atoms with Gasteiger partial charge in [-0.05, 0) is 17.6 Å². The van der Waals surface area contributed by atoms with Crippen molar-refractivity contribution in [1.29, 1.82) is 0 Å². The van der Waals surface area contributed by atoms with Crippen LogP contribution in [0.25, 0.3) is 0 Å². The normalized spacial score (nSPS) is 28.6. The van der Waals surface area contributed by atoms with Crippen LogP contribution in [0, 0.1) is 11.8 Å². The third kappa shape index (κ3) is 4.86. The van der Waals surface area contributed by atoms with Gasteiger partial charge in [0.15, 0.2) is 6.10 Å². The molecule has 1 aliphatic heterocycles. The summed E-state index contributed by atoms with van der Waals surface area (Å²) in [4.78, 5) is 34.8. The second-order valence-corrected chi connectivity index (χ2v) is 7.54. The average molecular weight is 417 g/mol. The lowest BCUT2D eigenvalue weighted by Gasteiger charge is -2.39. The number of aliphatic hydroxyl groups is 1. The lowest BCUT2D eigenvalue weighted by atomic mass is 9.82. The van der Waals surface area contributed by atoms with Crippen molar-refractivity contribution < 1.29 is 38.4 Å². The summed E-state index contributed by atoms with van der Waals surface area (Å²) in [7, 11) is 0. The fraction of sp³-hybridized carbons (Fsp3) is 0.632. The molecular weight excluding hydrogens is 392 g/mol. The summed E-state index contributed by atoms with van der Waals surface area (Å²) in [6, 6.07) is 0. The van der Waals surface area contributed by atoms with Gasteiger partial charge in [0.2, 0.25) is 0 Å². The van der Waals surface area contributed by atoms with E-state index in [1.165, 1.54) is 26.2 Å². The molecule has 0 aromatic heterocycles. The maximum absolute atomic E-state index is 12.2. The highest BCUT2D eigenvalue weighted by molar-refractivity contribution is 6.18. The molecule has 1 heterocycles. The van der Waals surface area contributed by atoms with E-state index in [4.69, 9.17) is 30.5 Å². The Morgan fingerprint density at radius 1 is 1.25 bits per heavy atom. The Balaban J connectivity index is 2.36. The number of esters is 3. The van der Waals surface area contributed by atoms with Crippen LogP contribution >= 0.6 is 11.6 Å².